The number of rotatable bonds is 10. The second-order valence-electron chi connectivity index (χ2n) is 6.03. The Morgan fingerprint density at radius 2 is 0.897 bits per heavy atom. The molecule has 11 heteroatoms. The minimum Gasteiger partial charge on any atom is -0.745 e. The van der Waals surface area contributed by atoms with E-state index in [1.807, 2.05) is 27.7 Å². The third kappa shape index (κ3) is 20.5. The van der Waals surface area contributed by atoms with Gasteiger partial charge < -0.3 is 9.11 Å². The maximum absolute atomic E-state index is 13.0. The third-order valence-corrected chi connectivity index (χ3v) is 5.99. The van der Waals surface area contributed by atoms with Crippen LogP contribution in [0.25, 0.3) is 0 Å². The first-order valence-corrected chi connectivity index (χ1v) is 11.7. The van der Waals surface area contributed by atoms with Crippen molar-refractivity contribution in [3.63, 3.8) is 0 Å². The van der Waals surface area contributed by atoms with Crippen LogP contribution in [0.15, 0.2) is 0 Å². The van der Waals surface area contributed by atoms with Gasteiger partial charge in [-0.25, -0.2) is 25.6 Å². The minimum atomic E-state index is -4.80. The van der Waals surface area contributed by atoms with Crippen LogP contribution >= 0.6 is 0 Å². The van der Waals surface area contributed by atoms with Gasteiger partial charge in [-0.1, -0.05) is 53.4 Å². The van der Waals surface area contributed by atoms with Crippen LogP contribution in [0.2, 0.25) is 0 Å². The summed E-state index contributed by atoms with van der Waals surface area (Å²) in [5.74, 6) is 0. The van der Waals surface area contributed by atoms with Crippen LogP contribution in [0.4, 0.5) is 8.78 Å². The molecule has 0 aromatic carbocycles. The smallest absolute Gasteiger partial charge is 0.196 e. The fourth-order valence-electron chi connectivity index (χ4n) is 1.63. The highest BCUT2D eigenvalue weighted by molar-refractivity contribution is 7.87. The van der Waals surface area contributed by atoms with Gasteiger partial charge in [0.05, 0.1) is 0 Å². The van der Waals surface area contributed by atoms with E-state index in [1.54, 1.807) is 0 Å². The highest BCUT2D eigenvalue weighted by Crippen LogP contribution is 2.25. The van der Waals surface area contributed by atoms with Gasteiger partial charge in [0.2, 0.25) is 0 Å². The van der Waals surface area contributed by atoms with Gasteiger partial charge in [-0.2, -0.15) is 0 Å². The topological polar surface area (TPSA) is 114 Å². The lowest BCUT2D eigenvalue weighted by Gasteiger charge is -2.23. The van der Waals surface area contributed by atoms with Crippen LogP contribution in [0.3, 0.4) is 0 Å². The molecule has 0 spiro atoms. The van der Waals surface area contributed by atoms with E-state index in [0.29, 0.717) is 12.8 Å². The molecule has 177 valence electrons. The molecule has 29 heavy (non-hydrogen) atoms. The summed E-state index contributed by atoms with van der Waals surface area (Å²) in [5.41, 5.74) is 0. The van der Waals surface area contributed by atoms with Crippen molar-refractivity contribution < 1.29 is 34.7 Å². The normalized spacial score (nSPS) is 14.6. The van der Waals surface area contributed by atoms with Crippen LogP contribution in [0.5, 0.6) is 0 Å². The van der Waals surface area contributed by atoms with E-state index >= 15 is 0 Å². The summed E-state index contributed by atoms with van der Waals surface area (Å²) in [6, 6.07) is 0. The molecule has 0 amide bonds. The van der Waals surface area contributed by atoms with Crippen LogP contribution in [-0.4, -0.2) is 44.4 Å². The van der Waals surface area contributed by atoms with Crippen molar-refractivity contribution >= 4 is 28.6 Å². The van der Waals surface area contributed by atoms with E-state index < -0.39 is 30.2 Å². The molecule has 0 aromatic rings. The molecule has 0 aliphatic rings. The largest absolute Gasteiger partial charge is 0.745 e. The van der Waals surface area contributed by atoms with Crippen molar-refractivity contribution in [1.82, 2.24) is 0 Å². The van der Waals surface area contributed by atoms with Crippen LogP contribution in [0.1, 0.15) is 92.9 Å². The lowest BCUT2D eigenvalue weighted by molar-refractivity contribution is 0.242. The summed E-state index contributed by atoms with van der Waals surface area (Å²) in [5, 5.41) is -5.19. The molecule has 0 fully saturated rings. The van der Waals surface area contributed by atoms with Crippen molar-refractivity contribution in [3.05, 3.63) is 14.9 Å². The lowest BCUT2D eigenvalue weighted by Crippen LogP contribution is -2.29. The Balaban J connectivity index is -0.0000000765. The predicted molar refractivity (Wildman–Crippen MR) is 117 cm³/mol. The van der Waals surface area contributed by atoms with E-state index in [9.17, 15) is 34.7 Å². The SMILES string of the molecule is CC.CCCCCC(C)(F)S(=O)(=O)[O-].CCCCCC(C)(F)S(=O)(=O)[O-].[B].[CH3+].[CH3+]. The van der Waals surface area contributed by atoms with Gasteiger partial charge in [-0.3, -0.25) is 0 Å². The van der Waals surface area contributed by atoms with Gasteiger partial charge in [0.15, 0.2) is 10.0 Å². The fraction of sp³-hybridized carbons (Fsp3) is 0.889. The van der Waals surface area contributed by atoms with Crippen molar-refractivity contribution in [2.45, 2.75) is 103 Å². The molecule has 6 nitrogen and oxygen atoms in total. The average Bonchev–Trinajstić information content (AvgIpc) is 2.48. The Hall–Kier alpha value is -0.515. The Morgan fingerprint density at radius 3 is 1.03 bits per heavy atom. The van der Waals surface area contributed by atoms with Gasteiger partial charge >= 0.3 is 0 Å². The number of halogens is 2. The Bertz CT molecular complexity index is 501. The number of alkyl halides is 2. The zero-order valence-corrected chi connectivity index (χ0v) is 20.9. The number of unbranched alkanes of at least 4 members (excludes halogenated alkanes) is 4. The molecule has 2 atom stereocenters. The lowest BCUT2D eigenvalue weighted by atomic mass is 10.1. The molecule has 0 aromatic heterocycles. The zero-order chi connectivity index (χ0) is 21.7. The highest BCUT2D eigenvalue weighted by atomic mass is 32.2. The van der Waals surface area contributed by atoms with Crippen LogP contribution in [0, 0.1) is 14.9 Å². The van der Waals surface area contributed by atoms with Gasteiger partial charge in [0.1, 0.15) is 20.2 Å². The van der Waals surface area contributed by atoms with E-state index in [1.165, 1.54) is 0 Å². The molecule has 0 aliphatic carbocycles. The molecule has 0 heterocycles. The van der Waals surface area contributed by atoms with Crippen molar-refractivity contribution in [3.8, 4) is 0 Å². The second-order valence-corrected chi connectivity index (χ2v) is 9.54. The summed E-state index contributed by atoms with van der Waals surface area (Å²) in [7, 11) is -9.60. The van der Waals surface area contributed by atoms with Crippen molar-refractivity contribution in [2.24, 2.45) is 0 Å². The van der Waals surface area contributed by atoms with Gasteiger partial charge in [0, 0.05) is 23.3 Å². The van der Waals surface area contributed by atoms with Gasteiger partial charge in [-0.05, 0) is 39.5 Å². The molecule has 0 bridgehead atoms. The van der Waals surface area contributed by atoms with Gasteiger partial charge in [-0.15, -0.1) is 0 Å². The number of hydrogen-bond donors (Lipinski definition) is 0. The van der Waals surface area contributed by atoms with Crippen LogP contribution < -0.4 is 0 Å². The molecule has 0 aliphatic heterocycles. The van der Waals surface area contributed by atoms with E-state index in [4.69, 9.17) is 0 Å². The van der Waals surface area contributed by atoms with Crippen molar-refractivity contribution in [1.29, 1.82) is 0 Å². The molecule has 0 N–H and O–H groups in total. The summed E-state index contributed by atoms with van der Waals surface area (Å²) >= 11 is 0. The molecule has 0 saturated heterocycles. The average molecular weight is 465 g/mol. The monoisotopic (exact) mass is 465 g/mol. The van der Waals surface area contributed by atoms with E-state index in [2.05, 4.69) is 0 Å². The maximum atomic E-state index is 13.0. The summed E-state index contributed by atoms with van der Waals surface area (Å²) in [6.07, 6.45) is 3.70. The highest BCUT2D eigenvalue weighted by Gasteiger charge is 2.31. The minimum absolute atomic E-state index is 0. The quantitative estimate of drug-likeness (QED) is 0.191. The van der Waals surface area contributed by atoms with Gasteiger partial charge in [0.25, 0.3) is 0 Å². The molecule has 0 rings (SSSR count). The molecule has 3 radical (unpaired) electrons. The molecule has 0 saturated carbocycles. The standard InChI is InChI=1S/2C7H15FO3S.C2H6.2CH3.B/c2*1-3-4-5-6-7(2,8)12(9,10)11;1-2;;;/h2*3-6H2,1-2H3,(H,9,10,11);1-2H3;2*1H3;/q;;;2*+1;/p-2. The summed E-state index contributed by atoms with van der Waals surface area (Å²) in [4.78, 5) is 0. The first-order chi connectivity index (χ1) is 11.6. The molecular formula is C18H40BF2O6S2. The third-order valence-electron chi connectivity index (χ3n) is 3.50. The maximum Gasteiger partial charge on any atom is 0.196 e. The Kier molecular flexibility index (Phi) is 28.5. The Labute approximate surface area is 181 Å². The first kappa shape index (κ1) is 42.6. The molecular weight excluding hydrogens is 425 g/mol. The first-order valence-electron chi connectivity index (χ1n) is 8.91. The fourth-order valence-corrected chi connectivity index (χ4v) is 2.42. The number of hydrogen-bond acceptors (Lipinski definition) is 6. The van der Waals surface area contributed by atoms with E-state index in [-0.39, 0.29) is 36.1 Å². The molecule has 2 unspecified atom stereocenters. The van der Waals surface area contributed by atoms with E-state index in [0.717, 1.165) is 39.5 Å². The Morgan fingerprint density at radius 1 is 0.690 bits per heavy atom. The zero-order valence-electron chi connectivity index (χ0n) is 19.3. The van der Waals surface area contributed by atoms with Crippen molar-refractivity contribution in [2.75, 3.05) is 0 Å². The summed E-state index contributed by atoms with van der Waals surface area (Å²) in [6.45, 7) is 9.48. The second kappa shape index (κ2) is 19.4. The predicted octanol–water partition coefficient (Wildman–Crippen LogP) is 5.14. The van der Waals surface area contributed by atoms with Crippen LogP contribution in [-0.2, 0) is 20.2 Å². The summed E-state index contributed by atoms with van der Waals surface area (Å²) < 4.78 is 87.9.